The zero-order valence-corrected chi connectivity index (χ0v) is 14.9. The van der Waals surface area contributed by atoms with Crippen LogP contribution in [-0.2, 0) is 4.79 Å². The van der Waals surface area contributed by atoms with E-state index in [2.05, 4.69) is 15.5 Å². The number of amides is 1. The van der Waals surface area contributed by atoms with Gasteiger partial charge in [0.1, 0.15) is 5.01 Å². The SMILES string of the molecule is Cc1nnc(SC(C)C(=O)Nc2cc(Cl)c(Cl)cc2Cl)s1. The number of carbonyl (C=O) groups excluding carboxylic acids is 1. The Morgan fingerprint density at radius 3 is 2.52 bits per heavy atom. The van der Waals surface area contributed by atoms with Crippen LogP contribution >= 0.6 is 57.9 Å². The van der Waals surface area contributed by atoms with Crippen LogP contribution in [0.5, 0.6) is 0 Å². The van der Waals surface area contributed by atoms with Gasteiger partial charge in [-0.3, -0.25) is 4.79 Å². The van der Waals surface area contributed by atoms with Crippen LogP contribution in [-0.4, -0.2) is 21.4 Å². The molecule has 1 aromatic carbocycles. The van der Waals surface area contributed by atoms with Gasteiger partial charge in [0.05, 0.1) is 26.0 Å². The normalized spacial score (nSPS) is 12.2. The first-order chi connectivity index (χ1) is 9.86. The molecule has 0 fully saturated rings. The van der Waals surface area contributed by atoms with Crippen LogP contribution in [0.25, 0.3) is 0 Å². The van der Waals surface area contributed by atoms with Gasteiger partial charge in [-0.25, -0.2) is 0 Å². The van der Waals surface area contributed by atoms with E-state index in [0.717, 1.165) is 9.35 Å². The van der Waals surface area contributed by atoms with Crippen LogP contribution in [0, 0.1) is 6.92 Å². The number of rotatable bonds is 4. The van der Waals surface area contributed by atoms with E-state index in [4.69, 9.17) is 34.8 Å². The van der Waals surface area contributed by atoms with Gasteiger partial charge in [-0.05, 0) is 26.0 Å². The lowest BCUT2D eigenvalue weighted by atomic mass is 10.3. The summed E-state index contributed by atoms with van der Waals surface area (Å²) in [4.78, 5) is 12.2. The number of nitrogens with one attached hydrogen (secondary N) is 1. The summed E-state index contributed by atoms with van der Waals surface area (Å²) < 4.78 is 0.746. The lowest BCUT2D eigenvalue weighted by molar-refractivity contribution is -0.115. The summed E-state index contributed by atoms with van der Waals surface area (Å²) in [6, 6.07) is 3.02. The molecule has 4 nitrogen and oxygen atoms in total. The monoisotopic (exact) mass is 381 g/mol. The summed E-state index contributed by atoms with van der Waals surface area (Å²) in [7, 11) is 0. The highest BCUT2D eigenvalue weighted by Crippen LogP contribution is 2.33. The molecule has 0 radical (unpaired) electrons. The molecular weight excluding hydrogens is 373 g/mol. The number of hydrogen-bond acceptors (Lipinski definition) is 5. The van der Waals surface area contributed by atoms with E-state index in [0.29, 0.717) is 20.8 Å². The molecule has 0 saturated heterocycles. The lowest BCUT2D eigenvalue weighted by Crippen LogP contribution is -2.22. The molecule has 0 aliphatic carbocycles. The molecule has 1 aromatic heterocycles. The molecule has 0 saturated carbocycles. The highest BCUT2D eigenvalue weighted by molar-refractivity contribution is 8.02. The molecule has 112 valence electrons. The Morgan fingerprint density at radius 1 is 1.24 bits per heavy atom. The van der Waals surface area contributed by atoms with Gasteiger partial charge in [-0.2, -0.15) is 0 Å². The standard InChI is InChI=1S/C12H10Cl3N3OS2/c1-5(20-12-18-17-6(2)21-12)11(19)16-10-4-8(14)7(13)3-9(10)15/h3-5H,1-2H3,(H,16,19). The van der Waals surface area contributed by atoms with Gasteiger partial charge in [0.2, 0.25) is 5.91 Å². The molecule has 2 rings (SSSR count). The first-order valence-electron chi connectivity index (χ1n) is 5.79. The van der Waals surface area contributed by atoms with Gasteiger partial charge in [0, 0.05) is 0 Å². The molecule has 2 aromatic rings. The predicted octanol–water partition coefficient (Wildman–Crippen LogP) is 4.93. The minimum Gasteiger partial charge on any atom is -0.324 e. The molecule has 1 unspecified atom stereocenters. The smallest absolute Gasteiger partial charge is 0.237 e. The third-order valence-electron chi connectivity index (χ3n) is 2.42. The Labute approximate surface area is 145 Å². The van der Waals surface area contributed by atoms with Crippen molar-refractivity contribution in [2.75, 3.05) is 5.32 Å². The molecule has 9 heteroatoms. The second kappa shape index (κ2) is 7.15. The topological polar surface area (TPSA) is 54.9 Å². The molecule has 0 aliphatic rings. The zero-order valence-electron chi connectivity index (χ0n) is 11.0. The van der Waals surface area contributed by atoms with Gasteiger partial charge in [-0.15, -0.1) is 10.2 Å². The maximum Gasteiger partial charge on any atom is 0.237 e. The van der Waals surface area contributed by atoms with Gasteiger partial charge in [-0.1, -0.05) is 57.9 Å². The van der Waals surface area contributed by atoms with Gasteiger partial charge >= 0.3 is 0 Å². The molecule has 0 bridgehead atoms. The molecule has 0 aliphatic heterocycles. The van der Waals surface area contributed by atoms with E-state index in [1.807, 2.05) is 6.92 Å². The number of nitrogens with zero attached hydrogens (tertiary/aromatic N) is 2. The highest BCUT2D eigenvalue weighted by atomic mass is 35.5. The number of anilines is 1. The lowest BCUT2D eigenvalue weighted by Gasteiger charge is -2.12. The van der Waals surface area contributed by atoms with Crippen molar-refractivity contribution in [1.29, 1.82) is 0 Å². The molecule has 21 heavy (non-hydrogen) atoms. The molecule has 1 N–H and O–H groups in total. The largest absolute Gasteiger partial charge is 0.324 e. The number of hydrogen-bond donors (Lipinski definition) is 1. The van der Waals surface area contributed by atoms with Crippen LogP contribution < -0.4 is 5.32 Å². The van der Waals surface area contributed by atoms with E-state index < -0.39 is 0 Å². The number of benzene rings is 1. The summed E-state index contributed by atoms with van der Waals surface area (Å²) in [5.74, 6) is -0.201. The van der Waals surface area contributed by atoms with Gasteiger partial charge in [0.25, 0.3) is 0 Å². The molecule has 0 spiro atoms. The molecular formula is C12H10Cl3N3OS2. The van der Waals surface area contributed by atoms with Crippen molar-refractivity contribution < 1.29 is 4.79 Å². The average Bonchev–Trinajstić information content (AvgIpc) is 2.81. The molecule has 1 atom stereocenters. The van der Waals surface area contributed by atoms with Crippen molar-refractivity contribution in [3.05, 3.63) is 32.2 Å². The minimum atomic E-state index is -0.345. The zero-order chi connectivity index (χ0) is 15.6. The fourth-order valence-electron chi connectivity index (χ4n) is 1.38. The summed E-state index contributed by atoms with van der Waals surface area (Å²) in [6.07, 6.45) is 0. The first-order valence-corrected chi connectivity index (χ1v) is 8.62. The number of halogens is 3. The average molecular weight is 383 g/mol. The third kappa shape index (κ3) is 4.47. The summed E-state index contributed by atoms with van der Waals surface area (Å²) in [5, 5.41) is 12.1. The maximum atomic E-state index is 12.2. The second-order valence-electron chi connectivity index (χ2n) is 4.08. The molecule has 1 amide bonds. The van der Waals surface area contributed by atoms with Crippen LogP contribution in [0.1, 0.15) is 11.9 Å². The Kier molecular flexibility index (Phi) is 5.73. The van der Waals surface area contributed by atoms with E-state index >= 15 is 0 Å². The van der Waals surface area contributed by atoms with Gasteiger partial charge in [0.15, 0.2) is 4.34 Å². The van der Waals surface area contributed by atoms with Crippen LogP contribution in [0.2, 0.25) is 15.1 Å². The van der Waals surface area contributed by atoms with Crippen LogP contribution in [0.3, 0.4) is 0 Å². The second-order valence-corrected chi connectivity index (χ2v) is 8.07. The van der Waals surface area contributed by atoms with Crippen molar-refractivity contribution in [2.24, 2.45) is 0 Å². The number of aryl methyl sites for hydroxylation is 1. The predicted molar refractivity (Wildman–Crippen MR) is 90.1 cm³/mol. The summed E-state index contributed by atoms with van der Waals surface area (Å²) >= 11 is 20.6. The number of thioether (sulfide) groups is 1. The van der Waals surface area contributed by atoms with Crippen molar-refractivity contribution in [3.8, 4) is 0 Å². The highest BCUT2D eigenvalue weighted by Gasteiger charge is 2.18. The Morgan fingerprint density at radius 2 is 1.90 bits per heavy atom. The Bertz CT molecular complexity index is 678. The van der Waals surface area contributed by atoms with Crippen molar-refractivity contribution in [1.82, 2.24) is 10.2 Å². The third-order valence-corrected chi connectivity index (χ3v) is 5.48. The van der Waals surface area contributed by atoms with Crippen molar-refractivity contribution in [2.45, 2.75) is 23.4 Å². The fraction of sp³-hybridized carbons (Fsp3) is 0.250. The molecule has 1 heterocycles. The van der Waals surface area contributed by atoms with Crippen molar-refractivity contribution >= 4 is 69.5 Å². The van der Waals surface area contributed by atoms with E-state index in [1.165, 1.54) is 35.2 Å². The van der Waals surface area contributed by atoms with Gasteiger partial charge < -0.3 is 5.32 Å². The van der Waals surface area contributed by atoms with Crippen LogP contribution in [0.15, 0.2) is 16.5 Å². The summed E-state index contributed by atoms with van der Waals surface area (Å²) in [5.41, 5.74) is 0.428. The fourth-order valence-corrected chi connectivity index (χ4v) is 3.94. The number of aromatic nitrogens is 2. The van der Waals surface area contributed by atoms with E-state index in [9.17, 15) is 4.79 Å². The minimum absolute atomic E-state index is 0.201. The summed E-state index contributed by atoms with van der Waals surface area (Å²) in [6.45, 7) is 3.64. The Hall–Kier alpha value is -0.530. The number of carbonyl (C=O) groups is 1. The first kappa shape index (κ1) is 16.8. The van der Waals surface area contributed by atoms with E-state index in [-0.39, 0.29) is 11.2 Å². The Balaban J connectivity index is 2.05. The van der Waals surface area contributed by atoms with Crippen LogP contribution in [0.4, 0.5) is 5.69 Å². The van der Waals surface area contributed by atoms with Crippen molar-refractivity contribution in [3.63, 3.8) is 0 Å². The maximum absolute atomic E-state index is 12.2. The van der Waals surface area contributed by atoms with E-state index in [1.54, 1.807) is 6.92 Å². The quantitative estimate of drug-likeness (QED) is 0.602.